The molecule has 2 aromatic rings. The van der Waals surface area contributed by atoms with Crippen molar-refractivity contribution < 1.29 is 28.7 Å². The fourth-order valence-electron chi connectivity index (χ4n) is 5.21. The van der Waals surface area contributed by atoms with Crippen LogP contribution in [0.3, 0.4) is 0 Å². The SMILES string of the molecule is COc1ccc(OC)c(C[NH+](C)[C@H]2CCCC[C@@H]2[NH+](C)Cc2cc(OC)ccc2OC)c1. The van der Waals surface area contributed by atoms with Gasteiger partial charge in [0.15, 0.2) is 0 Å². The first kappa shape index (κ1) is 24.2. The third-order valence-corrected chi connectivity index (χ3v) is 6.95. The van der Waals surface area contributed by atoms with Crippen LogP contribution in [-0.4, -0.2) is 54.6 Å². The van der Waals surface area contributed by atoms with E-state index in [9.17, 15) is 0 Å². The van der Waals surface area contributed by atoms with E-state index < -0.39 is 0 Å². The number of hydrogen-bond acceptors (Lipinski definition) is 4. The fraction of sp³-hybridized carbons (Fsp3) is 0.538. The average Bonchev–Trinajstić information content (AvgIpc) is 2.83. The van der Waals surface area contributed by atoms with Crippen molar-refractivity contribution in [2.45, 2.75) is 50.9 Å². The average molecular weight is 445 g/mol. The summed E-state index contributed by atoms with van der Waals surface area (Å²) in [6.07, 6.45) is 5.08. The quantitative estimate of drug-likeness (QED) is 0.586. The van der Waals surface area contributed by atoms with Crippen LogP contribution in [0.25, 0.3) is 0 Å². The molecule has 0 aromatic heterocycles. The summed E-state index contributed by atoms with van der Waals surface area (Å²) in [5, 5.41) is 0. The van der Waals surface area contributed by atoms with Gasteiger partial charge in [-0.2, -0.15) is 0 Å². The van der Waals surface area contributed by atoms with Crippen LogP contribution in [-0.2, 0) is 13.1 Å². The minimum Gasteiger partial charge on any atom is -0.497 e. The largest absolute Gasteiger partial charge is 0.497 e. The summed E-state index contributed by atoms with van der Waals surface area (Å²) in [6.45, 7) is 1.83. The number of likely N-dealkylation sites (N-methyl/N-ethyl adjacent to an activating group) is 2. The van der Waals surface area contributed by atoms with E-state index in [1.165, 1.54) is 46.6 Å². The van der Waals surface area contributed by atoms with E-state index >= 15 is 0 Å². The lowest BCUT2D eigenvalue weighted by Gasteiger charge is -2.38. The number of nitrogens with one attached hydrogen (secondary N) is 2. The van der Waals surface area contributed by atoms with E-state index in [4.69, 9.17) is 18.9 Å². The molecule has 6 nitrogen and oxygen atoms in total. The molecular formula is C26H40N2O4+2. The maximum atomic E-state index is 5.63. The number of ether oxygens (including phenoxy) is 4. The number of methoxy groups -OCH3 is 4. The molecule has 1 saturated carbocycles. The van der Waals surface area contributed by atoms with Crippen LogP contribution in [0.1, 0.15) is 36.8 Å². The van der Waals surface area contributed by atoms with Crippen LogP contribution >= 0.6 is 0 Å². The van der Waals surface area contributed by atoms with E-state index in [2.05, 4.69) is 26.2 Å². The molecule has 0 aliphatic heterocycles. The third-order valence-electron chi connectivity index (χ3n) is 6.95. The van der Waals surface area contributed by atoms with E-state index in [0.29, 0.717) is 12.1 Å². The Labute approximate surface area is 193 Å². The minimum absolute atomic E-state index is 0.580. The van der Waals surface area contributed by atoms with Gasteiger partial charge in [-0.3, -0.25) is 0 Å². The van der Waals surface area contributed by atoms with Crippen LogP contribution in [0, 0.1) is 0 Å². The van der Waals surface area contributed by atoms with Gasteiger partial charge in [-0.1, -0.05) is 0 Å². The van der Waals surface area contributed by atoms with Gasteiger partial charge in [0.25, 0.3) is 0 Å². The normalized spacial score (nSPS) is 20.3. The Balaban J connectivity index is 1.77. The molecule has 0 amide bonds. The van der Waals surface area contributed by atoms with Gasteiger partial charge >= 0.3 is 0 Å². The van der Waals surface area contributed by atoms with Crippen molar-refractivity contribution in [3.63, 3.8) is 0 Å². The molecule has 0 heterocycles. The highest BCUT2D eigenvalue weighted by atomic mass is 16.5. The lowest BCUT2D eigenvalue weighted by molar-refractivity contribution is -0.991. The van der Waals surface area contributed by atoms with Gasteiger partial charge in [0, 0.05) is 12.8 Å². The standard InChI is InChI=1S/C26H38N2O4/c1-27(17-19-15-21(29-3)11-13-25(19)31-5)23-9-7-8-10-24(23)28(2)18-20-16-22(30-4)12-14-26(20)32-6/h11-16,23-24H,7-10,17-18H2,1-6H3/p+2/t23-,24-/m0/s1. The predicted octanol–water partition coefficient (Wildman–Crippen LogP) is 1.76. The van der Waals surface area contributed by atoms with Crippen LogP contribution in [0.2, 0.25) is 0 Å². The first-order chi connectivity index (χ1) is 15.5. The number of quaternary nitrogens is 2. The van der Waals surface area contributed by atoms with Crippen LogP contribution in [0.15, 0.2) is 36.4 Å². The van der Waals surface area contributed by atoms with Gasteiger partial charge in [-0.15, -0.1) is 0 Å². The molecule has 0 spiro atoms. The highest BCUT2D eigenvalue weighted by Gasteiger charge is 2.38. The van der Waals surface area contributed by atoms with Crippen molar-refractivity contribution >= 4 is 0 Å². The molecule has 0 bridgehead atoms. The Morgan fingerprint density at radius 1 is 0.656 bits per heavy atom. The Morgan fingerprint density at radius 2 is 1.06 bits per heavy atom. The Kier molecular flexibility index (Phi) is 8.65. The van der Waals surface area contributed by atoms with Crippen molar-refractivity contribution in [1.29, 1.82) is 0 Å². The van der Waals surface area contributed by atoms with E-state index in [1.807, 2.05) is 24.3 Å². The molecule has 4 atom stereocenters. The van der Waals surface area contributed by atoms with Crippen LogP contribution in [0.4, 0.5) is 0 Å². The molecular weight excluding hydrogens is 404 g/mol. The third kappa shape index (κ3) is 5.67. The maximum absolute atomic E-state index is 5.63. The number of benzene rings is 2. The highest BCUT2D eigenvalue weighted by molar-refractivity contribution is 5.40. The zero-order valence-electron chi connectivity index (χ0n) is 20.5. The van der Waals surface area contributed by atoms with Crippen molar-refractivity contribution in [1.82, 2.24) is 0 Å². The summed E-state index contributed by atoms with van der Waals surface area (Å²) in [7, 11) is 11.5. The summed E-state index contributed by atoms with van der Waals surface area (Å²) < 4.78 is 22.2. The van der Waals surface area contributed by atoms with Crippen molar-refractivity contribution in [2.75, 3.05) is 42.5 Å². The molecule has 2 N–H and O–H groups in total. The zero-order chi connectivity index (χ0) is 23.1. The predicted molar refractivity (Wildman–Crippen MR) is 126 cm³/mol. The second-order valence-corrected chi connectivity index (χ2v) is 8.90. The van der Waals surface area contributed by atoms with E-state index in [0.717, 1.165) is 36.1 Å². The van der Waals surface area contributed by atoms with Gasteiger partial charge in [-0.25, -0.2) is 0 Å². The molecule has 2 unspecified atom stereocenters. The molecule has 0 radical (unpaired) electrons. The summed E-state index contributed by atoms with van der Waals surface area (Å²) >= 11 is 0. The smallest absolute Gasteiger partial charge is 0.140 e. The molecule has 2 aromatic carbocycles. The topological polar surface area (TPSA) is 45.8 Å². The van der Waals surface area contributed by atoms with Gasteiger partial charge < -0.3 is 28.7 Å². The highest BCUT2D eigenvalue weighted by Crippen LogP contribution is 2.25. The molecule has 32 heavy (non-hydrogen) atoms. The zero-order valence-corrected chi connectivity index (χ0v) is 20.5. The Hall–Kier alpha value is -2.44. The Morgan fingerprint density at radius 3 is 1.41 bits per heavy atom. The summed E-state index contributed by atoms with van der Waals surface area (Å²) in [6, 6.07) is 13.3. The monoisotopic (exact) mass is 444 g/mol. The second-order valence-electron chi connectivity index (χ2n) is 8.90. The fourth-order valence-corrected chi connectivity index (χ4v) is 5.21. The molecule has 3 rings (SSSR count). The molecule has 0 saturated heterocycles. The van der Waals surface area contributed by atoms with E-state index in [-0.39, 0.29) is 0 Å². The lowest BCUT2D eigenvalue weighted by atomic mass is 9.88. The first-order valence-electron chi connectivity index (χ1n) is 11.6. The van der Waals surface area contributed by atoms with Gasteiger partial charge in [-0.05, 0) is 49.2 Å². The van der Waals surface area contributed by atoms with Gasteiger partial charge in [0.1, 0.15) is 48.2 Å². The summed E-state index contributed by atoms with van der Waals surface area (Å²) in [5.74, 6) is 3.61. The molecule has 176 valence electrons. The van der Waals surface area contributed by atoms with Crippen molar-refractivity contribution in [3.05, 3.63) is 47.5 Å². The van der Waals surface area contributed by atoms with Crippen molar-refractivity contribution in [2.24, 2.45) is 0 Å². The maximum Gasteiger partial charge on any atom is 0.140 e. The Bertz CT molecular complexity index is 801. The molecule has 1 fully saturated rings. The lowest BCUT2D eigenvalue weighted by Crippen LogP contribution is -3.23. The molecule has 6 heteroatoms. The van der Waals surface area contributed by atoms with Crippen LogP contribution in [0.5, 0.6) is 23.0 Å². The number of rotatable bonds is 10. The number of hydrogen-bond donors (Lipinski definition) is 2. The second kappa shape index (κ2) is 11.4. The van der Waals surface area contributed by atoms with Gasteiger partial charge in [0.05, 0.1) is 53.7 Å². The molecule has 1 aliphatic rings. The molecule has 1 aliphatic carbocycles. The summed E-state index contributed by atoms with van der Waals surface area (Å²) in [4.78, 5) is 3.05. The first-order valence-corrected chi connectivity index (χ1v) is 11.6. The van der Waals surface area contributed by atoms with Crippen molar-refractivity contribution in [3.8, 4) is 23.0 Å². The van der Waals surface area contributed by atoms with Gasteiger partial charge in [0.2, 0.25) is 0 Å². The summed E-state index contributed by atoms with van der Waals surface area (Å²) in [5.41, 5.74) is 2.39. The van der Waals surface area contributed by atoms with E-state index in [1.54, 1.807) is 28.4 Å². The van der Waals surface area contributed by atoms with Crippen LogP contribution < -0.4 is 28.7 Å². The minimum atomic E-state index is 0.580.